The molecule has 0 spiro atoms. The molecule has 0 aliphatic rings. The van der Waals surface area contributed by atoms with E-state index in [1.807, 2.05) is 12.1 Å². The van der Waals surface area contributed by atoms with Crippen LogP contribution in [-0.2, 0) is 0 Å². The molecule has 18 heavy (non-hydrogen) atoms. The molecule has 0 radical (unpaired) electrons. The van der Waals surface area contributed by atoms with Gasteiger partial charge in [0.25, 0.3) is 0 Å². The van der Waals surface area contributed by atoms with Crippen LogP contribution in [0.25, 0.3) is 33.2 Å². The van der Waals surface area contributed by atoms with Gasteiger partial charge in [-0.15, -0.1) is 0 Å². The summed E-state index contributed by atoms with van der Waals surface area (Å²) >= 11 is 0. The zero-order valence-corrected chi connectivity index (χ0v) is 9.51. The smallest absolute Gasteiger partial charge is 0.155 e. The SMILES string of the molecule is c1ccc2c(c1)[nH]c1ccc(-c3ncn[nH]3)cc12. The van der Waals surface area contributed by atoms with Crippen molar-refractivity contribution in [1.82, 2.24) is 20.2 Å². The summed E-state index contributed by atoms with van der Waals surface area (Å²) in [6.07, 6.45) is 1.52. The molecule has 4 aromatic rings. The molecule has 4 rings (SSSR count). The molecule has 0 saturated carbocycles. The number of hydrogen-bond donors (Lipinski definition) is 2. The molecule has 2 aromatic heterocycles. The Hall–Kier alpha value is -2.62. The van der Waals surface area contributed by atoms with Crippen LogP contribution >= 0.6 is 0 Å². The van der Waals surface area contributed by atoms with E-state index in [9.17, 15) is 0 Å². The monoisotopic (exact) mass is 234 g/mol. The Kier molecular flexibility index (Phi) is 1.80. The van der Waals surface area contributed by atoms with E-state index in [-0.39, 0.29) is 0 Å². The lowest BCUT2D eigenvalue weighted by atomic mass is 10.1. The number of rotatable bonds is 1. The van der Waals surface area contributed by atoms with Crippen LogP contribution in [0.15, 0.2) is 48.8 Å². The lowest BCUT2D eigenvalue weighted by molar-refractivity contribution is 1.10. The van der Waals surface area contributed by atoms with E-state index >= 15 is 0 Å². The lowest BCUT2D eigenvalue weighted by Gasteiger charge is -1.96. The highest BCUT2D eigenvalue weighted by Crippen LogP contribution is 2.28. The molecule has 0 atom stereocenters. The van der Waals surface area contributed by atoms with Gasteiger partial charge >= 0.3 is 0 Å². The van der Waals surface area contributed by atoms with Crippen molar-refractivity contribution in [3.05, 3.63) is 48.8 Å². The number of nitrogens with one attached hydrogen (secondary N) is 2. The summed E-state index contributed by atoms with van der Waals surface area (Å²) in [4.78, 5) is 7.59. The fraction of sp³-hybridized carbons (Fsp3) is 0. The van der Waals surface area contributed by atoms with Crippen LogP contribution < -0.4 is 0 Å². The summed E-state index contributed by atoms with van der Waals surface area (Å²) in [5, 5.41) is 9.21. The van der Waals surface area contributed by atoms with Crippen molar-refractivity contribution in [3.63, 3.8) is 0 Å². The molecule has 2 aromatic carbocycles. The Balaban J connectivity index is 2.07. The zero-order chi connectivity index (χ0) is 11.9. The van der Waals surface area contributed by atoms with Crippen molar-refractivity contribution in [1.29, 1.82) is 0 Å². The van der Waals surface area contributed by atoms with Gasteiger partial charge in [0.05, 0.1) is 0 Å². The first-order valence-electron chi connectivity index (χ1n) is 5.78. The Bertz CT molecular complexity index is 827. The number of fused-ring (bicyclic) bond motifs is 3. The normalized spacial score (nSPS) is 11.3. The predicted octanol–water partition coefficient (Wildman–Crippen LogP) is 3.11. The van der Waals surface area contributed by atoms with E-state index in [2.05, 4.69) is 50.5 Å². The Morgan fingerprint density at radius 3 is 2.67 bits per heavy atom. The molecule has 0 aliphatic heterocycles. The number of para-hydroxylation sites is 1. The first kappa shape index (κ1) is 9.41. The van der Waals surface area contributed by atoms with Crippen molar-refractivity contribution < 1.29 is 0 Å². The maximum atomic E-state index is 4.18. The van der Waals surface area contributed by atoms with E-state index < -0.39 is 0 Å². The van der Waals surface area contributed by atoms with Gasteiger partial charge in [0.1, 0.15) is 6.33 Å². The third-order valence-electron chi connectivity index (χ3n) is 3.19. The van der Waals surface area contributed by atoms with E-state index in [0.29, 0.717) is 0 Å². The molecule has 4 heteroatoms. The predicted molar refractivity (Wildman–Crippen MR) is 71.2 cm³/mol. The van der Waals surface area contributed by atoms with Crippen molar-refractivity contribution in [2.45, 2.75) is 0 Å². The molecule has 0 bridgehead atoms. The molecule has 4 nitrogen and oxygen atoms in total. The molecular weight excluding hydrogens is 224 g/mol. The van der Waals surface area contributed by atoms with Gasteiger partial charge in [-0.05, 0) is 24.3 Å². The second-order valence-corrected chi connectivity index (χ2v) is 4.27. The van der Waals surface area contributed by atoms with Gasteiger partial charge in [-0.3, -0.25) is 5.10 Å². The standard InChI is InChI=1S/C14H10N4/c1-2-4-12-10(3-1)11-7-9(5-6-13(11)17-12)14-15-8-16-18-14/h1-8,17H,(H,15,16,18). The third-order valence-corrected chi connectivity index (χ3v) is 3.19. The van der Waals surface area contributed by atoms with Crippen LogP contribution in [0.5, 0.6) is 0 Å². The van der Waals surface area contributed by atoms with Crippen LogP contribution in [0.2, 0.25) is 0 Å². The highest BCUT2D eigenvalue weighted by Gasteiger charge is 2.06. The quantitative estimate of drug-likeness (QED) is 0.531. The average Bonchev–Trinajstić information content (AvgIpc) is 3.05. The van der Waals surface area contributed by atoms with Gasteiger partial charge in [-0.25, -0.2) is 4.98 Å². The summed E-state index contributed by atoms with van der Waals surface area (Å²) in [5.41, 5.74) is 3.34. The maximum absolute atomic E-state index is 4.18. The van der Waals surface area contributed by atoms with E-state index in [1.54, 1.807) is 0 Å². The average molecular weight is 234 g/mol. The maximum Gasteiger partial charge on any atom is 0.155 e. The number of aromatic amines is 2. The number of hydrogen-bond acceptors (Lipinski definition) is 2. The number of aromatic nitrogens is 4. The van der Waals surface area contributed by atoms with Crippen LogP contribution in [0.1, 0.15) is 0 Å². The summed E-state index contributed by atoms with van der Waals surface area (Å²) in [6, 6.07) is 14.5. The van der Waals surface area contributed by atoms with Crippen molar-refractivity contribution >= 4 is 21.8 Å². The van der Waals surface area contributed by atoms with Gasteiger partial charge in [0.15, 0.2) is 5.82 Å². The highest BCUT2D eigenvalue weighted by molar-refractivity contribution is 6.08. The molecule has 0 unspecified atom stereocenters. The Morgan fingerprint density at radius 1 is 0.889 bits per heavy atom. The second kappa shape index (κ2) is 3.43. The summed E-state index contributed by atoms with van der Waals surface area (Å²) < 4.78 is 0. The van der Waals surface area contributed by atoms with Crippen molar-refractivity contribution in [3.8, 4) is 11.4 Å². The third kappa shape index (κ3) is 1.26. The molecule has 86 valence electrons. The fourth-order valence-corrected chi connectivity index (χ4v) is 2.34. The topological polar surface area (TPSA) is 57.4 Å². The molecule has 0 saturated heterocycles. The summed E-state index contributed by atoms with van der Waals surface area (Å²) in [7, 11) is 0. The van der Waals surface area contributed by atoms with Gasteiger partial charge in [0.2, 0.25) is 0 Å². The van der Waals surface area contributed by atoms with Gasteiger partial charge in [-0.2, -0.15) is 5.10 Å². The molecular formula is C14H10N4. The van der Waals surface area contributed by atoms with Gasteiger partial charge in [0, 0.05) is 27.4 Å². The van der Waals surface area contributed by atoms with Crippen LogP contribution in [-0.4, -0.2) is 20.2 Å². The first-order chi connectivity index (χ1) is 8.92. The summed E-state index contributed by atoms with van der Waals surface area (Å²) in [5.74, 6) is 0.794. The first-order valence-corrected chi connectivity index (χ1v) is 5.78. The molecule has 0 fully saturated rings. The van der Waals surface area contributed by atoms with E-state index in [0.717, 1.165) is 22.4 Å². The zero-order valence-electron chi connectivity index (χ0n) is 9.51. The van der Waals surface area contributed by atoms with E-state index in [4.69, 9.17) is 0 Å². The second-order valence-electron chi connectivity index (χ2n) is 4.27. The molecule has 2 N–H and O–H groups in total. The van der Waals surface area contributed by atoms with Gasteiger partial charge in [-0.1, -0.05) is 18.2 Å². The minimum Gasteiger partial charge on any atom is -0.355 e. The van der Waals surface area contributed by atoms with Crippen LogP contribution in [0.4, 0.5) is 0 Å². The minimum atomic E-state index is 0.794. The van der Waals surface area contributed by atoms with Crippen LogP contribution in [0, 0.1) is 0 Å². The fourth-order valence-electron chi connectivity index (χ4n) is 2.34. The number of benzene rings is 2. The number of H-pyrrole nitrogens is 2. The Labute approximate surface area is 103 Å². The summed E-state index contributed by atoms with van der Waals surface area (Å²) in [6.45, 7) is 0. The number of nitrogens with zero attached hydrogens (tertiary/aromatic N) is 2. The Morgan fingerprint density at radius 2 is 1.78 bits per heavy atom. The van der Waals surface area contributed by atoms with Crippen molar-refractivity contribution in [2.75, 3.05) is 0 Å². The lowest BCUT2D eigenvalue weighted by Crippen LogP contribution is -1.80. The molecule has 0 amide bonds. The highest BCUT2D eigenvalue weighted by atomic mass is 15.2. The molecule has 0 aliphatic carbocycles. The van der Waals surface area contributed by atoms with Gasteiger partial charge < -0.3 is 4.98 Å². The van der Waals surface area contributed by atoms with E-state index in [1.165, 1.54) is 17.1 Å². The molecule has 2 heterocycles. The van der Waals surface area contributed by atoms with Crippen LogP contribution in [0.3, 0.4) is 0 Å². The van der Waals surface area contributed by atoms with Crippen molar-refractivity contribution in [2.24, 2.45) is 0 Å². The largest absolute Gasteiger partial charge is 0.355 e. The minimum absolute atomic E-state index is 0.794.